The molecule has 1 N–H and O–H groups in total. The number of hydrogen-bond acceptors (Lipinski definition) is 5. The van der Waals surface area contributed by atoms with Gasteiger partial charge in [0.05, 0.1) is 17.8 Å². The maximum absolute atomic E-state index is 13.2. The lowest BCUT2D eigenvalue weighted by molar-refractivity contribution is 0.415. The maximum atomic E-state index is 13.2. The topological polar surface area (TPSA) is 57.9 Å². The summed E-state index contributed by atoms with van der Waals surface area (Å²) >= 11 is 7.12. The van der Waals surface area contributed by atoms with Crippen LogP contribution in [0.5, 0.6) is 5.75 Å². The third-order valence-corrected chi connectivity index (χ3v) is 4.69. The van der Waals surface area contributed by atoms with Crippen LogP contribution in [0.25, 0.3) is 16.8 Å². The smallest absolute Gasteiger partial charge is 0.141 e. The Kier molecular flexibility index (Phi) is 5.52. The van der Waals surface area contributed by atoms with Crippen LogP contribution in [-0.2, 0) is 0 Å². The van der Waals surface area contributed by atoms with E-state index in [1.807, 2.05) is 29.6 Å². The summed E-state index contributed by atoms with van der Waals surface area (Å²) in [6, 6.07) is 13.9. The number of halogens is 2. The second kappa shape index (κ2) is 8.00. The molecule has 0 unspecified atom stereocenters. The van der Waals surface area contributed by atoms with Gasteiger partial charge < -0.3 is 10.1 Å². The van der Waals surface area contributed by atoms with Crippen molar-refractivity contribution in [3.63, 3.8) is 0 Å². The Balaban J connectivity index is 1.83. The molecule has 0 spiro atoms. The van der Waals surface area contributed by atoms with Crippen molar-refractivity contribution in [1.29, 1.82) is 5.26 Å². The van der Waals surface area contributed by atoms with Gasteiger partial charge in [-0.25, -0.2) is 9.37 Å². The van der Waals surface area contributed by atoms with Crippen molar-refractivity contribution in [1.82, 2.24) is 4.98 Å². The fourth-order valence-corrected chi connectivity index (χ4v) is 3.17. The highest BCUT2D eigenvalue weighted by Gasteiger charge is 2.10. The average molecular weight is 386 g/mol. The van der Waals surface area contributed by atoms with E-state index in [4.69, 9.17) is 16.3 Å². The number of rotatable bonds is 5. The van der Waals surface area contributed by atoms with Crippen molar-refractivity contribution in [2.75, 3.05) is 12.4 Å². The monoisotopic (exact) mass is 385 g/mol. The summed E-state index contributed by atoms with van der Waals surface area (Å²) in [5, 5.41) is 14.8. The van der Waals surface area contributed by atoms with Gasteiger partial charge in [-0.3, -0.25) is 0 Å². The number of nitrogens with one attached hydrogen (secondary N) is 1. The fourth-order valence-electron chi connectivity index (χ4n) is 2.20. The first-order valence-corrected chi connectivity index (χ1v) is 8.78. The predicted octanol–water partition coefficient (Wildman–Crippen LogP) is 5.59. The van der Waals surface area contributed by atoms with Crippen molar-refractivity contribution in [3.05, 3.63) is 69.9 Å². The van der Waals surface area contributed by atoms with Crippen LogP contribution in [0, 0.1) is 17.1 Å². The second-order valence-corrected chi connectivity index (χ2v) is 6.48. The van der Waals surface area contributed by atoms with Gasteiger partial charge in [0.15, 0.2) is 0 Å². The Hall–Kier alpha value is -2.88. The van der Waals surface area contributed by atoms with E-state index in [1.165, 1.54) is 35.7 Å². The first kappa shape index (κ1) is 17.9. The standard InChI is InChI=1S/C19H13ClFN3OS/c1-25-15-4-2-3-12(7-15)18-11-26-19(24-18)13(9-22)10-23-14-5-6-17(21)16(20)8-14/h2-8,10-11,23H,1H3. The Morgan fingerprint density at radius 2 is 2.19 bits per heavy atom. The molecule has 0 atom stereocenters. The molecule has 3 aromatic rings. The van der Waals surface area contributed by atoms with E-state index in [2.05, 4.69) is 16.4 Å². The number of ether oxygens (including phenoxy) is 1. The molecule has 26 heavy (non-hydrogen) atoms. The molecule has 0 saturated heterocycles. The van der Waals surface area contributed by atoms with Crippen LogP contribution in [-0.4, -0.2) is 12.1 Å². The Labute approximate surface area is 159 Å². The van der Waals surface area contributed by atoms with Crippen LogP contribution in [0.1, 0.15) is 5.01 Å². The van der Waals surface area contributed by atoms with Crippen molar-refractivity contribution in [2.45, 2.75) is 0 Å². The Morgan fingerprint density at radius 1 is 1.35 bits per heavy atom. The number of hydrogen-bond donors (Lipinski definition) is 1. The van der Waals surface area contributed by atoms with Gasteiger partial charge in [0.1, 0.15) is 28.2 Å². The molecule has 0 fully saturated rings. The van der Waals surface area contributed by atoms with Crippen LogP contribution in [0.2, 0.25) is 5.02 Å². The third-order valence-electron chi connectivity index (χ3n) is 3.52. The minimum absolute atomic E-state index is 0.0106. The van der Waals surface area contributed by atoms with Gasteiger partial charge in [-0.05, 0) is 30.3 Å². The summed E-state index contributed by atoms with van der Waals surface area (Å²) < 4.78 is 18.4. The number of aromatic nitrogens is 1. The summed E-state index contributed by atoms with van der Waals surface area (Å²) in [5.41, 5.74) is 2.61. The van der Waals surface area contributed by atoms with Gasteiger partial charge in [-0.15, -0.1) is 11.3 Å². The van der Waals surface area contributed by atoms with Crippen LogP contribution in [0.4, 0.5) is 10.1 Å². The summed E-state index contributed by atoms with van der Waals surface area (Å²) in [7, 11) is 1.61. The van der Waals surface area contributed by atoms with Crippen molar-refractivity contribution >= 4 is 34.2 Å². The minimum atomic E-state index is -0.496. The fraction of sp³-hybridized carbons (Fsp3) is 0.0526. The molecule has 2 aromatic carbocycles. The lowest BCUT2D eigenvalue weighted by Gasteiger charge is -2.03. The first-order chi connectivity index (χ1) is 12.6. The zero-order valence-corrected chi connectivity index (χ0v) is 15.2. The highest BCUT2D eigenvalue weighted by atomic mass is 35.5. The van der Waals surface area contributed by atoms with Crippen LogP contribution in [0.3, 0.4) is 0 Å². The molecular formula is C19H13ClFN3OS. The van der Waals surface area contributed by atoms with Crippen LogP contribution in [0.15, 0.2) is 54.0 Å². The molecule has 130 valence electrons. The molecule has 0 radical (unpaired) electrons. The Morgan fingerprint density at radius 3 is 2.92 bits per heavy atom. The maximum Gasteiger partial charge on any atom is 0.141 e. The number of methoxy groups -OCH3 is 1. The molecule has 7 heteroatoms. The van der Waals surface area contributed by atoms with Gasteiger partial charge in [0.2, 0.25) is 0 Å². The highest BCUT2D eigenvalue weighted by Crippen LogP contribution is 2.28. The number of anilines is 1. The van der Waals surface area contributed by atoms with E-state index in [0.29, 0.717) is 16.3 Å². The van der Waals surface area contributed by atoms with E-state index in [9.17, 15) is 9.65 Å². The normalized spacial score (nSPS) is 11.1. The molecule has 0 aliphatic heterocycles. The highest BCUT2D eigenvalue weighted by molar-refractivity contribution is 7.11. The lowest BCUT2D eigenvalue weighted by atomic mass is 10.1. The molecule has 0 saturated carbocycles. The number of thiazole rings is 1. The van der Waals surface area contributed by atoms with E-state index < -0.39 is 5.82 Å². The van der Waals surface area contributed by atoms with Crippen LogP contribution < -0.4 is 10.1 Å². The molecule has 1 heterocycles. The molecular weight excluding hydrogens is 373 g/mol. The molecule has 0 aliphatic carbocycles. The summed E-state index contributed by atoms with van der Waals surface area (Å²) in [6.07, 6.45) is 1.53. The summed E-state index contributed by atoms with van der Waals surface area (Å²) in [5.74, 6) is 0.243. The average Bonchev–Trinajstić information content (AvgIpc) is 3.15. The molecule has 3 rings (SSSR count). The van der Waals surface area contributed by atoms with E-state index in [1.54, 1.807) is 7.11 Å². The zero-order chi connectivity index (χ0) is 18.5. The second-order valence-electron chi connectivity index (χ2n) is 5.21. The van der Waals surface area contributed by atoms with Crippen molar-refractivity contribution in [3.8, 4) is 23.1 Å². The quantitative estimate of drug-likeness (QED) is 0.582. The molecule has 4 nitrogen and oxygen atoms in total. The van der Waals surface area contributed by atoms with Gasteiger partial charge in [-0.1, -0.05) is 23.7 Å². The number of nitrogens with zero attached hydrogens (tertiary/aromatic N) is 2. The largest absolute Gasteiger partial charge is 0.497 e. The van der Waals surface area contributed by atoms with E-state index in [-0.39, 0.29) is 5.02 Å². The molecule has 0 aliphatic rings. The van der Waals surface area contributed by atoms with Crippen molar-refractivity contribution in [2.24, 2.45) is 0 Å². The zero-order valence-electron chi connectivity index (χ0n) is 13.7. The summed E-state index contributed by atoms with van der Waals surface area (Å²) in [4.78, 5) is 4.52. The molecule has 1 aromatic heterocycles. The lowest BCUT2D eigenvalue weighted by Crippen LogP contribution is -1.92. The number of nitriles is 1. The van der Waals surface area contributed by atoms with Gasteiger partial charge in [0.25, 0.3) is 0 Å². The third kappa shape index (κ3) is 4.02. The summed E-state index contributed by atoms with van der Waals surface area (Å²) in [6.45, 7) is 0. The van der Waals surface area contributed by atoms with Crippen LogP contribution >= 0.6 is 22.9 Å². The van der Waals surface area contributed by atoms with Gasteiger partial charge in [-0.2, -0.15) is 5.26 Å². The molecule has 0 bridgehead atoms. The van der Waals surface area contributed by atoms with Gasteiger partial charge in [0, 0.05) is 22.8 Å². The SMILES string of the molecule is COc1cccc(-c2csc(C(C#N)=CNc3ccc(F)c(Cl)c3)n2)c1. The Bertz CT molecular complexity index is 1010. The first-order valence-electron chi connectivity index (χ1n) is 7.53. The number of benzene rings is 2. The predicted molar refractivity (Wildman–Crippen MR) is 103 cm³/mol. The van der Waals surface area contributed by atoms with E-state index in [0.717, 1.165) is 17.0 Å². The minimum Gasteiger partial charge on any atom is -0.497 e. The van der Waals surface area contributed by atoms with E-state index >= 15 is 0 Å². The van der Waals surface area contributed by atoms with Crippen molar-refractivity contribution < 1.29 is 9.13 Å². The van der Waals surface area contributed by atoms with Gasteiger partial charge >= 0.3 is 0 Å². The molecule has 0 amide bonds. The number of allylic oxidation sites excluding steroid dienone is 1.